The first-order valence-electron chi connectivity index (χ1n) is 11.8. The zero-order chi connectivity index (χ0) is 24.6. The molecular weight excluding hydrogens is 465 g/mol. The predicted octanol–water partition coefficient (Wildman–Crippen LogP) is 4.80. The lowest BCUT2D eigenvalue weighted by atomic mass is 10.0. The molecule has 1 amide bonds. The molecule has 1 fully saturated rings. The Balaban J connectivity index is 1.38. The molecule has 4 N–H and O–H groups in total. The summed E-state index contributed by atoms with van der Waals surface area (Å²) in [6.07, 6.45) is 3.16. The first-order valence-corrected chi connectivity index (χ1v) is 13.1. The standard InChI is InChI=1S/C26H32N3O5P/c1-33-23-10-7-20-13-21(14-25(24(20)15-23)28-17-19-3-4-19)26(30)29-22-8-5-18(6-9-22)16-27-11-2-12-34-35(31)32/h5-10,13-15,19,27-28,35H,2-4,11-12,16-17H2,1H3,(H,29,30)(H,31,32). The van der Waals surface area contributed by atoms with Crippen molar-refractivity contribution in [3.63, 3.8) is 0 Å². The largest absolute Gasteiger partial charge is 0.497 e. The Labute approximate surface area is 206 Å². The Morgan fingerprint density at radius 1 is 1.11 bits per heavy atom. The van der Waals surface area contributed by atoms with Crippen LogP contribution in [0.15, 0.2) is 54.6 Å². The Morgan fingerprint density at radius 2 is 1.91 bits per heavy atom. The molecule has 0 aromatic heterocycles. The second-order valence-corrected chi connectivity index (χ2v) is 9.55. The highest BCUT2D eigenvalue weighted by molar-refractivity contribution is 7.32. The molecule has 0 saturated heterocycles. The maximum Gasteiger partial charge on any atom is 0.316 e. The molecule has 4 rings (SSSR count). The van der Waals surface area contributed by atoms with E-state index in [4.69, 9.17) is 9.63 Å². The number of amides is 1. The molecule has 1 unspecified atom stereocenters. The highest BCUT2D eigenvalue weighted by atomic mass is 31.1. The van der Waals surface area contributed by atoms with Gasteiger partial charge in [0, 0.05) is 35.4 Å². The number of fused-ring (bicyclic) bond motifs is 1. The average Bonchev–Trinajstić information content (AvgIpc) is 3.69. The molecule has 0 radical (unpaired) electrons. The molecule has 9 heteroatoms. The lowest BCUT2D eigenvalue weighted by Gasteiger charge is -2.14. The summed E-state index contributed by atoms with van der Waals surface area (Å²) < 4.78 is 20.6. The minimum atomic E-state index is -2.85. The van der Waals surface area contributed by atoms with Crippen LogP contribution < -0.4 is 20.7 Å². The van der Waals surface area contributed by atoms with Gasteiger partial charge in [0.15, 0.2) is 0 Å². The molecule has 186 valence electrons. The number of methoxy groups -OCH3 is 1. The fourth-order valence-electron chi connectivity index (χ4n) is 3.82. The molecule has 1 aliphatic carbocycles. The molecule has 0 spiro atoms. The summed E-state index contributed by atoms with van der Waals surface area (Å²) in [7, 11) is -1.20. The van der Waals surface area contributed by atoms with E-state index < -0.39 is 8.25 Å². The summed E-state index contributed by atoms with van der Waals surface area (Å²) in [4.78, 5) is 21.7. The van der Waals surface area contributed by atoms with E-state index in [1.54, 1.807) is 7.11 Å². The highest BCUT2D eigenvalue weighted by Crippen LogP contribution is 2.33. The van der Waals surface area contributed by atoms with Crippen LogP contribution in [0.4, 0.5) is 11.4 Å². The van der Waals surface area contributed by atoms with Crippen LogP contribution in [0.2, 0.25) is 0 Å². The number of anilines is 2. The van der Waals surface area contributed by atoms with E-state index in [0.29, 0.717) is 31.0 Å². The molecule has 3 aromatic carbocycles. The van der Waals surface area contributed by atoms with E-state index in [-0.39, 0.29) is 12.5 Å². The van der Waals surface area contributed by atoms with Crippen LogP contribution in [-0.2, 0) is 15.6 Å². The fourth-order valence-corrected chi connectivity index (χ4v) is 4.14. The minimum absolute atomic E-state index is 0.161. The number of rotatable bonds is 13. The smallest absolute Gasteiger partial charge is 0.316 e. The van der Waals surface area contributed by atoms with Gasteiger partial charge < -0.3 is 30.1 Å². The van der Waals surface area contributed by atoms with Crippen molar-refractivity contribution in [3.8, 4) is 5.75 Å². The minimum Gasteiger partial charge on any atom is -0.497 e. The molecule has 0 aliphatic heterocycles. The van der Waals surface area contributed by atoms with Gasteiger partial charge in [-0.05, 0) is 79.1 Å². The van der Waals surface area contributed by atoms with Gasteiger partial charge in [0.1, 0.15) is 5.75 Å². The summed E-state index contributed by atoms with van der Waals surface area (Å²) in [6, 6.07) is 17.4. The van der Waals surface area contributed by atoms with Crippen molar-refractivity contribution in [2.45, 2.75) is 25.8 Å². The van der Waals surface area contributed by atoms with E-state index in [1.807, 2.05) is 54.6 Å². The van der Waals surface area contributed by atoms with Crippen LogP contribution in [0, 0.1) is 5.92 Å². The van der Waals surface area contributed by atoms with Gasteiger partial charge in [0.25, 0.3) is 5.91 Å². The van der Waals surface area contributed by atoms with E-state index in [0.717, 1.165) is 40.0 Å². The molecule has 1 atom stereocenters. The van der Waals surface area contributed by atoms with Crippen molar-refractivity contribution >= 4 is 36.3 Å². The summed E-state index contributed by atoms with van der Waals surface area (Å²) in [5.74, 6) is 1.34. The normalized spacial score (nSPS) is 14.0. The number of ether oxygens (including phenoxy) is 1. The maximum atomic E-state index is 13.1. The molecule has 0 bridgehead atoms. The quantitative estimate of drug-likeness (QED) is 0.198. The van der Waals surface area contributed by atoms with Crippen molar-refractivity contribution in [1.29, 1.82) is 0 Å². The van der Waals surface area contributed by atoms with Gasteiger partial charge in [-0.1, -0.05) is 18.2 Å². The van der Waals surface area contributed by atoms with Crippen LogP contribution in [-0.4, -0.2) is 37.6 Å². The van der Waals surface area contributed by atoms with E-state index in [9.17, 15) is 9.36 Å². The lowest BCUT2D eigenvalue weighted by molar-refractivity contribution is 0.102. The monoisotopic (exact) mass is 497 g/mol. The number of carbonyl (C=O) groups is 1. The Kier molecular flexibility index (Phi) is 8.77. The van der Waals surface area contributed by atoms with Gasteiger partial charge in [0.05, 0.1) is 13.7 Å². The van der Waals surface area contributed by atoms with E-state index in [1.165, 1.54) is 12.8 Å². The molecule has 35 heavy (non-hydrogen) atoms. The van der Waals surface area contributed by atoms with Gasteiger partial charge >= 0.3 is 8.25 Å². The summed E-state index contributed by atoms with van der Waals surface area (Å²) in [6.45, 7) is 2.50. The van der Waals surface area contributed by atoms with Crippen LogP contribution in [0.5, 0.6) is 5.75 Å². The third-order valence-electron chi connectivity index (χ3n) is 5.97. The zero-order valence-corrected chi connectivity index (χ0v) is 20.8. The first kappa shape index (κ1) is 25.2. The first-order chi connectivity index (χ1) is 17.0. The molecule has 3 aromatic rings. The van der Waals surface area contributed by atoms with Crippen molar-refractivity contribution in [2.24, 2.45) is 5.92 Å². The summed E-state index contributed by atoms with van der Waals surface area (Å²) >= 11 is 0. The van der Waals surface area contributed by atoms with Gasteiger partial charge in [0.2, 0.25) is 0 Å². The Morgan fingerprint density at radius 3 is 2.63 bits per heavy atom. The number of hydrogen-bond donors (Lipinski definition) is 4. The molecule has 1 aliphatic rings. The Bertz CT molecular complexity index is 1180. The fraction of sp³-hybridized carbons (Fsp3) is 0.346. The van der Waals surface area contributed by atoms with Crippen LogP contribution in [0.25, 0.3) is 10.8 Å². The molecule has 8 nitrogen and oxygen atoms in total. The summed E-state index contributed by atoms with van der Waals surface area (Å²) in [5, 5.41) is 11.8. The van der Waals surface area contributed by atoms with Crippen molar-refractivity contribution < 1.29 is 23.5 Å². The topological polar surface area (TPSA) is 109 Å². The predicted molar refractivity (Wildman–Crippen MR) is 140 cm³/mol. The maximum absolute atomic E-state index is 13.1. The zero-order valence-electron chi connectivity index (χ0n) is 19.8. The van der Waals surface area contributed by atoms with E-state index in [2.05, 4.69) is 20.5 Å². The third-order valence-corrected chi connectivity index (χ3v) is 6.42. The highest BCUT2D eigenvalue weighted by Gasteiger charge is 2.21. The number of carbonyl (C=O) groups excluding carboxylic acids is 1. The van der Waals surface area contributed by atoms with E-state index >= 15 is 0 Å². The van der Waals surface area contributed by atoms with Gasteiger partial charge in [-0.15, -0.1) is 0 Å². The van der Waals surface area contributed by atoms with Crippen LogP contribution in [0.1, 0.15) is 35.2 Å². The van der Waals surface area contributed by atoms with Crippen LogP contribution in [0.3, 0.4) is 0 Å². The van der Waals surface area contributed by atoms with Crippen molar-refractivity contribution in [1.82, 2.24) is 5.32 Å². The molecule has 0 heterocycles. The third kappa shape index (κ3) is 7.54. The summed E-state index contributed by atoms with van der Waals surface area (Å²) in [5.41, 5.74) is 3.34. The second-order valence-electron chi connectivity index (χ2n) is 8.73. The second kappa shape index (κ2) is 12.2. The molecular formula is C26H32N3O5P. The van der Waals surface area contributed by atoms with Gasteiger partial charge in [-0.2, -0.15) is 0 Å². The van der Waals surface area contributed by atoms with Crippen molar-refractivity contribution in [3.05, 3.63) is 65.7 Å². The number of nitrogens with one attached hydrogen (secondary N) is 3. The molecule has 1 saturated carbocycles. The Hall–Kier alpha value is -2.90. The SMILES string of the molecule is COc1ccc2cc(C(=O)Nc3ccc(CNCCCO[PH](=O)O)cc3)cc(NCC3CC3)c2c1. The van der Waals surface area contributed by atoms with Crippen molar-refractivity contribution in [2.75, 3.05) is 37.4 Å². The average molecular weight is 498 g/mol. The van der Waals surface area contributed by atoms with Gasteiger partial charge in [-0.25, -0.2) is 0 Å². The number of hydrogen-bond acceptors (Lipinski definition) is 6. The number of benzene rings is 3. The van der Waals surface area contributed by atoms with Gasteiger partial charge in [-0.3, -0.25) is 9.36 Å². The van der Waals surface area contributed by atoms with Crippen LogP contribution >= 0.6 is 8.25 Å². The lowest BCUT2D eigenvalue weighted by Crippen LogP contribution is -2.16.